The summed E-state index contributed by atoms with van der Waals surface area (Å²) in [4.78, 5) is 4.27. The SMILES string of the molecule is Cc1cnc(Cl)c(NC2CCCCC2C2CCCCN2)c1. The molecule has 2 fully saturated rings. The minimum Gasteiger partial charge on any atom is -0.379 e. The monoisotopic (exact) mass is 307 g/mol. The van der Waals surface area contributed by atoms with E-state index in [2.05, 4.69) is 28.6 Å². The first kappa shape index (κ1) is 15.1. The molecular weight excluding hydrogens is 282 g/mol. The number of pyridine rings is 1. The van der Waals surface area contributed by atoms with Gasteiger partial charge in [0.15, 0.2) is 5.15 Å². The zero-order valence-electron chi connectivity index (χ0n) is 12.9. The molecule has 3 unspecified atom stereocenters. The van der Waals surface area contributed by atoms with Crippen LogP contribution in [0.1, 0.15) is 50.5 Å². The van der Waals surface area contributed by atoms with Crippen molar-refractivity contribution in [1.29, 1.82) is 0 Å². The quantitative estimate of drug-likeness (QED) is 0.823. The maximum absolute atomic E-state index is 6.26. The lowest BCUT2D eigenvalue weighted by Gasteiger charge is -2.40. The van der Waals surface area contributed by atoms with Crippen LogP contribution in [-0.4, -0.2) is 23.6 Å². The van der Waals surface area contributed by atoms with E-state index in [9.17, 15) is 0 Å². The van der Waals surface area contributed by atoms with Gasteiger partial charge in [0.25, 0.3) is 0 Å². The van der Waals surface area contributed by atoms with Gasteiger partial charge in [-0.05, 0) is 56.7 Å². The minimum atomic E-state index is 0.524. The van der Waals surface area contributed by atoms with E-state index < -0.39 is 0 Å². The lowest BCUT2D eigenvalue weighted by molar-refractivity contribution is 0.217. The predicted octanol–water partition coefficient (Wildman–Crippen LogP) is 4.16. The molecule has 2 aliphatic rings. The van der Waals surface area contributed by atoms with Crippen LogP contribution in [0.15, 0.2) is 12.3 Å². The Balaban J connectivity index is 1.73. The van der Waals surface area contributed by atoms with Crippen molar-refractivity contribution < 1.29 is 0 Å². The fourth-order valence-corrected chi connectivity index (χ4v) is 4.08. The molecule has 3 atom stereocenters. The highest BCUT2D eigenvalue weighted by Crippen LogP contribution is 2.33. The summed E-state index contributed by atoms with van der Waals surface area (Å²) in [5.41, 5.74) is 2.16. The Morgan fingerprint density at radius 1 is 1.19 bits per heavy atom. The molecule has 1 aliphatic carbocycles. The van der Waals surface area contributed by atoms with E-state index in [1.54, 1.807) is 0 Å². The largest absolute Gasteiger partial charge is 0.379 e. The van der Waals surface area contributed by atoms with Crippen molar-refractivity contribution >= 4 is 17.3 Å². The summed E-state index contributed by atoms with van der Waals surface area (Å²) in [6, 6.07) is 3.32. The molecule has 1 aromatic rings. The second-order valence-electron chi connectivity index (χ2n) is 6.61. The van der Waals surface area contributed by atoms with Crippen LogP contribution < -0.4 is 10.6 Å². The molecule has 1 saturated carbocycles. The maximum Gasteiger partial charge on any atom is 0.152 e. The van der Waals surface area contributed by atoms with E-state index in [-0.39, 0.29) is 0 Å². The molecular formula is C17H26ClN3. The third-order valence-corrected chi connectivity index (χ3v) is 5.30. The van der Waals surface area contributed by atoms with Crippen molar-refractivity contribution in [3.63, 3.8) is 0 Å². The molecule has 2 heterocycles. The minimum absolute atomic E-state index is 0.524. The van der Waals surface area contributed by atoms with Gasteiger partial charge in [0.05, 0.1) is 5.69 Å². The molecule has 0 aromatic carbocycles. The molecule has 1 saturated heterocycles. The topological polar surface area (TPSA) is 37.0 Å². The lowest BCUT2D eigenvalue weighted by atomic mass is 9.77. The second-order valence-corrected chi connectivity index (χ2v) is 6.96. The summed E-state index contributed by atoms with van der Waals surface area (Å²) in [7, 11) is 0. The van der Waals surface area contributed by atoms with Crippen molar-refractivity contribution in [2.24, 2.45) is 5.92 Å². The van der Waals surface area contributed by atoms with Gasteiger partial charge in [-0.25, -0.2) is 4.98 Å². The number of hydrogen-bond acceptors (Lipinski definition) is 3. The van der Waals surface area contributed by atoms with Crippen LogP contribution in [0.3, 0.4) is 0 Å². The van der Waals surface area contributed by atoms with Gasteiger partial charge >= 0.3 is 0 Å². The van der Waals surface area contributed by atoms with E-state index in [0.717, 1.165) is 17.2 Å². The highest BCUT2D eigenvalue weighted by atomic mass is 35.5. The molecule has 1 aromatic heterocycles. The van der Waals surface area contributed by atoms with E-state index in [0.29, 0.717) is 17.2 Å². The fourth-order valence-electron chi connectivity index (χ4n) is 3.92. The zero-order chi connectivity index (χ0) is 14.7. The van der Waals surface area contributed by atoms with Gasteiger partial charge in [-0.3, -0.25) is 0 Å². The van der Waals surface area contributed by atoms with Gasteiger partial charge in [0.1, 0.15) is 0 Å². The number of aryl methyl sites for hydroxylation is 1. The summed E-state index contributed by atoms with van der Waals surface area (Å²) in [5.74, 6) is 0.718. The van der Waals surface area contributed by atoms with Crippen molar-refractivity contribution in [2.45, 2.75) is 64.0 Å². The Morgan fingerprint density at radius 2 is 2.00 bits per heavy atom. The maximum atomic E-state index is 6.26. The van der Waals surface area contributed by atoms with Gasteiger partial charge < -0.3 is 10.6 Å². The van der Waals surface area contributed by atoms with Crippen LogP contribution in [-0.2, 0) is 0 Å². The second kappa shape index (κ2) is 6.97. The number of nitrogens with zero attached hydrogens (tertiary/aromatic N) is 1. The molecule has 21 heavy (non-hydrogen) atoms. The molecule has 0 amide bonds. The number of piperidine rings is 1. The number of hydrogen-bond donors (Lipinski definition) is 2. The zero-order valence-corrected chi connectivity index (χ0v) is 13.6. The smallest absolute Gasteiger partial charge is 0.152 e. The molecule has 0 spiro atoms. The van der Waals surface area contributed by atoms with Gasteiger partial charge in [0, 0.05) is 18.3 Å². The molecule has 4 heteroatoms. The summed E-state index contributed by atoms with van der Waals surface area (Å²) in [6.45, 7) is 3.25. The Labute approximate surface area is 132 Å². The van der Waals surface area contributed by atoms with Crippen LogP contribution in [0.4, 0.5) is 5.69 Å². The molecule has 0 bridgehead atoms. The Hall–Kier alpha value is -0.800. The number of aromatic nitrogens is 1. The average molecular weight is 308 g/mol. The highest BCUT2D eigenvalue weighted by molar-refractivity contribution is 6.31. The van der Waals surface area contributed by atoms with Crippen LogP contribution in [0.2, 0.25) is 5.15 Å². The summed E-state index contributed by atoms with van der Waals surface area (Å²) in [6.07, 6.45) is 11.1. The third kappa shape index (κ3) is 3.70. The normalized spacial score (nSPS) is 30.1. The highest BCUT2D eigenvalue weighted by Gasteiger charge is 2.32. The van der Waals surface area contributed by atoms with Crippen LogP contribution >= 0.6 is 11.6 Å². The fraction of sp³-hybridized carbons (Fsp3) is 0.706. The van der Waals surface area contributed by atoms with Crippen molar-refractivity contribution in [3.05, 3.63) is 23.0 Å². The van der Waals surface area contributed by atoms with Crippen molar-refractivity contribution in [1.82, 2.24) is 10.3 Å². The van der Waals surface area contributed by atoms with E-state index in [4.69, 9.17) is 11.6 Å². The van der Waals surface area contributed by atoms with Gasteiger partial charge in [0.2, 0.25) is 0 Å². The number of anilines is 1. The molecule has 3 rings (SSSR count). The van der Waals surface area contributed by atoms with E-state index >= 15 is 0 Å². The molecule has 2 N–H and O–H groups in total. The molecule has 3 nitrogen and oxygen atoms in total. The number of nitrogens with one attached hydrogen (secondary N) is 2. The number of rotatable bonds is 3. The first-order valence-electron chi connectivity index (χ1n) is 8.36. The molecule has 1 aliphatic heterocycles. The van der Waals surface area contributed by atoms with Gasteiger partial charge in [-0.1, -0.05) is 30.9 Å². The van der Waals surface area contributed by atoms with E-state index in [1.165, 1.54) is 51.5 Å². The predicted molar refractivity (Wildman–Crippen MR) is 89.0 cm³/mol. The van der Waals surface area contributed by atoms with Crippen LogP contribution in [0.5, 0.6) is 0 Å². The van der Waals surface area contributed by atoms with Crippen molar-refractivity contribution in [3.8, 4) is 0 Å². The van der Waals surface area contributed by atoms with Gasteiger partial charge in [-0.2, -0.15) is 0 Å². The summed E-state index contributed by atoms with van der Waals surface area (Å²) < 4.78 is 0. The standard InChI is InChI=1S/C17H26ClN3/c1-12-10-16(17(18)20-11-12)21-15-8-3-2-6-13(15)14-7-4-5-9-19-14/h10-11,13-15,19,21H,2-9H2,1H3. The Kier molecular flexibility index (Phi) is 5.02. The van der Waals surface area contributed by atoms with Gasteiger partial charge in [-0.15, -0.1) is 0 Å². The summed E-state index contributed by atoms with van der Waals surface area (Å²) in [5, 5.41) is 8.04. The van der Waals surface area contributed by atoms with E-state index in [1.807, 2.05) is 6.20 Å². The first-order chi connectivity index (χ1) is 10.2. The van der Waals surface area contributed by atoms with Crippen LogP contribution in [0.25, 0.3) is 0 Å². The Morgan fingerprint density at radius 3 is 2.81 bits per heavy atom. The molecule has 0 radical (unpaired) electrons. The summed E-state index contributed by atoms with van der Waals surface area (Å²) >= 11 is 6.26. The third-order valence-electron chi connectivity index (χ3n) is 5.00. The lowest BCUT2D eigenvalue weighted by Crippen LogP contribution is -2.48. The molecule has 116 valence electrons. The average Bonchev–Trinajstić information content (AvgIpc) is 2.52. The first-order valence-corrected chi connectivity index (χ1v) is 8.74. The van der Waals surface area contributed by atoms with Crippen molar-refractivity contribution in [2.75, 3.05) is 11.9 Å². The number of halogens is 1. The Bertz CT molecular complexity index is 471. The van der Waals surface area contributed by atoms with Crippen LogP contribution in [0, 0.1) is 12.8 Å².